The molecule has 2 heterocycles. The average molecular weight is 291 g/mol. The molecule has 0 bridgehead atoms. The van der Waals surface area contributed by atoms with E-state index in [0.717, 1.165) is 31.5 Å². The highest BCUT2D eigenvalue weighted by Crippen LogP contribution is 2.33. The zero-order valence-electron chi connectivity index (χ0n) is 12.2. The Balaban J connectivity index is 1.91. The number of amides is 1. The van der Waals surface area contributed by atoms with Gasteiger partial charge in [0.25, 0.3) is 0 Å². The number of halogens is 1. The van der Waals surface area contributed by atoms with Crippen LogP contribution in [0.25, 0.3) is 0 Å². The number of hydrogen-bond donors (Lipinski definition) is 1. The van der Waals surface area contributed by atoms with E-state index in [2.05, 4.69) is 5.01 Å². The van der Waals surface area contributed by atoms with Crippen LogP contribution in [0.5, 0.6) is 0 Å². The van der Waals surface area contributed by atoms with Crippen molar-refractivity contribution in [3.8, 4) is 0 Å². The molecule has 1 amide bonds. The summed E-state index contributed by atoms with van der Waals surface area (Å²) >= 11 is 0. The van der Waals surface area contributed by atoms with Gasteiger partial charge in [-0.25, -0.2) is 9.40 Å². The van der Waals surface area contributed by atoms with E-state index in [4.69, 9.17) is 5.73 Å². The van der Waals surface area contributed by atoms with E-state index in [1.165, 1.54) is 18.6 Å². The number of carbonyl (C=O) groups is 1. The third-order valence-electron chi connectivity index (χ3n) is 4.46. The van der Waals surface area contributed by atoms with Crippen LogP contribution in [0.1, 0.15) is 43.7 Å². The van der Waals surface area contributed by atoms with Crippen molar-refractivity contribution < 1.29 is 9.18 Å². The van der Waals surface area contributed by atoms with Gasteiger partial charge in [0.05, 0.1) is 6.04 Å². The predicted molar refractivity (Wildman–Crippen MR) is 78.6 cm³/mol. The van der Waals surface area contributed by atoms with Gasteiger partial charge in [0, 0.05) is 25.6 Å². The van der Waals surface area contributed by atoms with E-state index >= 15 is 0 Å². The topological polar surface area (TPSA) is 49.6 Å². The molecule has 5 heteroatoms. The van der Waals surface area contributed by atoms with Gasteiger partial charge in [0.1, 0.15) is 5.82 Å². The van der Waals surface area contributed by atoms with Gasteiger partial charge in [0.15, 0.2) is 0 Å². The van der Waals surface area contributed by atoms with Crippen LogP contribution in [0.3, 0.4) is 0 Å². The van der Waals surface area contributed by atoms with Gasteiger partial charge < -0.3 is 5.73 Å². The Kier molecular flexibility index (Phi) is 4.22. The molecule has 2 aliphatic heterocycles. The Bertz CT molecular complexity index is 499. The smallest absolute Gasteiger partial charge is 0.237 e. The maximum Gasteiger partial charge on any atom is 0.237 e. The number of hydrogen-bond acceptors (Lipinski definition) is 3. The minimum atomic E-state index is -0.265. The quantitative estimate of drug-likeness (QED) is 0.909. The number of carbonyl (C=O) groups excluding carboxylic acids is 1. The second-order valence-electron chi connectivity index (χ2n) is 5.95. The monoisotopic (exact) mass is 291 g/mol. The van der Waals surface area contributed by atoms with Crippen molar-refractivity contribution >= 4 is 5.91 Å². The molecule has 0 spiro atoms. The van der Waals surface area contributed by atoms with E-state index in [1.807, 2.05) is 5.01 Å². The number of nitrogens with zero attached hydrogens (tertiary/aromatic N) is 2. The van der Waals surface area contributed by atoms with Crippen molar-refractivity contribution in [2.75, 3.05) is 13.1 Å². The molecule has 4 nitrogen and oxygen atoms in total. The lowest BCUT2D eigenvalue weighted by molar-refractivity contribution is -0.165. The molecule has 2 saturated heterocycles. The van der Waals surface area contributed by atoms with Crippen LogP contribution in [-0.2, 0) is 4.79 Å². The first-order chi connectivity index (χ1) is 10.2. The second kappa shape index (κ2) is 6.12. The molecular weight excluding hydrogens is 269 g/mol. The zero-order chi connectivity index (χ0) is 14.8. The summed E-state index contributed by atoms with van der Waals surface area (Å²) in [7, 11) is 0. The van der Waals surface area contributed by atoms with Gasteiger partial charge in [-0.1, -0.05) is 18.6 Å². The largest absolute Gasteiger partial charge is 0.326 e. The van der Waals surface area contributed by atoms with Gasteiger partial charge in [0.2, 0.25) is 5.91 Å². The lowest BCUT2D eigenvalue weighted by Gasteiger charge is -2.47. The van der Waals surface area contributed by atoms with Crippen molar-refractivity contribution in [3.63, 3.8) is 0 Å². The molecule has 2 fully saturated rings. The van der Waals surface area contributed by atoms with Crippen molar-refractivity contribution in [1.82, 2.24) is 10.0 Å². The molecule has 2 N–H and O–H groups in total. The summed E-state index contributed by atoms with van der Waals surface area (Å²) in [6.45, 7) is 1.80. The SMILES string of the molecule is NC1CCC(=O)N(N2CCCCC2)C1c1ccc(F)cc1. The van der Waals surface area contributed by atoms with E-state index in [-0.39, 0.29) is 23.8 Å². The van der Waals surface area contributed by atoms with Crippen molar-refractivity contribution in [3.05, 3.63) is 35.6 Å². The van der Waals surface area contributed by atoms with Gasteiger partial charge >= 0.3 is 0 Å². The van der Waals surface area contributed by atoms with Gasteiger partial charge in [-0.15, -0.1) is 0 Å². The molecule has 0 aliphatic carbocycles. The summed E-state index contributed by atoms with van der Waals surface area (Å²) in [6, 6.07) is 6.09. The van der Waals surface area contributed by atoms with Crippen LogP contribution in [0, 0.1) is 5.82 Å². The molecule has 114 valence electrons. The maximum absolute atomic E-state index is 13.2. The summed E-state index contributed by atoms with van der Waals surface area (Å²) in [5.41, 5.74) is 7.21. The lowest BCUT2D eigenvalue weighted by Crippen LogP contribution is -2.57. The summed E-state index contributed by atoms with van der Waals surface area (Å²) < 4.78 is 13.2. The Labute approximate surface area is 124 Å². The average Bonchev–Trinajstić information content (AvgIpc) is 2.51. The fourth-order valence-corrected chi connectivity index (χ4v) is 3.37. The first kappa shape index (κ1) is 14.5. The minimum absolute atomic E-state index is 0.102. The molecule has 2 aliphatic rings. The molecule has 0 radical (unpaired) electrons. The Morgan fingerprint density at radius 1 is 1.10 bits per heavy atom. The minimum Gasteiger partial charge on any atom is -0.326 e. The van der Waals surface area contributed by atoms with Gasteiger partial charge in [-0.3, -0.25) is 9.80 Å². The Morgan fingerprint density at radius 2 is 1.76 bits per heavy atom. The van der Waals surface area contributed by atoms with E-state index in [9.17, 15) is 9.18 Å². The number of benzene rings is 1. The summed E-state index contributed by atoms with van der Waals surface area (Å²) in [5.74, 6) is -0.132. The fourth-order valence-electron chi connectivity index (χ4n) is 3.37. The third-order valence-corrected chi connectivity index (χ3v) is 4.46. The Morgan fingerprint density at radius 3 is 2.43 bits per heavy atom. The molecule has 0 aromatic heterocycles. The van der Waals surface area contributed by atoms with Crippen LogP contribution >= 0.6 is 0 Å². The molecule has 3 rings (SSSR count). The summed E-state index contributed by atoms with van der Waals surface area (Å²) in [5, 5.41) is 3.99. The number of hydrazine groups is 1. The highest BCUT2D eigenvalue weighted by Gasteiger charge is 2.38. The number of piperidine rings is 2. The maximum atomic E-state index is 13.2. The van der Waals surface area contributed by atoms with Crippen LogP contribution in [0.15, 0.2) is 24.3 Å². The third kappa shape index (κ3) is 2.94. The van der Waals surface area contributed by atoms with Gasteiger partial charge in [-0.05, 0) is 37.0 Å². The molecule has 2 atom stereocenters. The van der Waals surface area contributed by atoms with E-state index in [1.54, 1.807) is 12.1 Å². The number of nitrogens with two attached hydrogens (primary N) is 1. The van der Waals surface area contributed by atoms with Crippen LogP contribution < -0.4 is 5.73 Å². The number of rotatable bonds is 2. The molecule has 1 aromatic carbocycles. The van der Waals surface area contributed by atoms with Crippen LogP contribution in [0.2, 0.25) is 0 Å². The molecule has 1 aromatic rings. The predicted octanol–water partition coefficient (Wildman–Crippen LogP) is 2.22. The highest BCUT2D eigenvalue weighted by molar-refractivity contribution is 5.77. The summed E-state index contributed by atoms with van der Waals surface area (Å²) in [4.78, 5) is 12.4. The van der Waals surface area contributed by atoms with Crippen molar-refractivity contribution in [1.29, 1.82) is 0 Å². The molecule has 21 heavy (non-hydrogen) atoms. The van der Waals surface area contributed by atoms with Crippen molar-refractivity contribution in [2.45, 2.75) is 44.2 Å². The fraction of sp³-hybridized carbons (Fsp3) is 0.562. The van der Waals surface area contributed by atoms with E-state index in [0.29, 0.717) is 12.8 Å². The van der Waals surface area contributed by atoms with Crippen molar-refractivity contribution in [2.24, 2.45) is 5.73 Å². The molecule has 0 saturated carbocycles. The van der Waals surface area contributed by atoms with Crippen LogP contribution in [0.4, 0.5) is 4.39 Å². The lowest BCUT2D eigenvalue weighted by atomic mass is 9.91. The highest BCUT2D eigenvalue weighted by atomic mass is 19.1. The summed E-state index contributed by atoms with van der Waals surface area (Å²) in [6.07, 6.45) is 4.61. The second-order valence-corrected chi connectivity index (χ2v) is 5.95. The first-order valence-corrected chi connectivity index (χ1v) is 7.75. The van der Waals surface area contributed by atoms with Crippen LogP contribution in [-0.4, -0.2) is 35.1 Å². The first-order valence-electron chi connectivity index (χ1n) is 7.75. The molecule has 2 unspecified atom stereocenters. The van der Waals surface area contributed by atoms with Gasteiger partial charge in [-0.2, -0.15) is 0 Å². The molecular formula is C16H22FN3O. The normalized spacial score (nSPS) is 27.9. The Hall–Kier alpha value is -1.46. The standard InChI is InChI=1S/C16H22FN3O/c17-13-6-4-12(5-7-13)16-14(18)8-9-15(21)20(16)19-10-2-1-3-11-19/h4-7,14,16H,1-3,8-11,18H2. The zero-order valence-corrected chi connectivity index (χ0v) is 12.2. The van der Waals surface area contributed by atoms with E-state index < -0.39 is 0 Å².